The van der Waals surface area contributed by atoms with E-state index >= 15 is 0 Å². The molecule has 0 bridgehead atoms. The average Bonchev–Trinajstić information content (AvgIpc) is 1.95. The Bertz CT molecular complexity index is 122. The molecule has 0 atom stereocenters. The van der Waals surface area contributed by atoms with Crippen LogP contribution < -0.4 is 5.32 Å². The number of rotatable bonds is 0. The summed E-state index contributed by atoms with van der Waals surface area (Å²) in [5, 5.41) is 3.46. The van der Waals surface area contributed by atoms with E-state index < -0.39 is 0 Å². The SMILES string of the molecule is CN1C(C)(C)CNC1(C)C. The van der Waals surface area contributed by atoms with E-state index in [1.165, 1.54) is 0 Å². The molecule has 0 radical (unpaired) electrons. The molecule has 0 aliphatic carbocycles. The quantitative estimate of drug-likeness (QED) is 0.543. The van der Waals surface area contributed by atoms with Crippen LogP contribution in [-0.4, -0.2) is 29.7 Å². The van der Waals surface area contributed by atoms with Crippen molar-refractivity contribution in [2.24, 2.45) is 0 Å². The van der Waals surface area contributed by atoms with E-state index in [-0.39, 0.29) is 5.66 Å². The van der Waals surface area contributed by atoms with Crippen molar-refractivity contribution < 1.29 is 0 Å². The average molecular weight is 142 g/mol. The lowest BCUT2D eigenvalue weighted by Crippen LogP contribution is -2.48. The lowest BCUT2D eigenvalue weighted by Gasteiger charge is -2.35. The van der Waals surface area contributed by atoms with Crippen molar-refractivity contribution in [2.75, 3.05) is 13.6 Å². The van der Waals surface area contributed by atoms with Crippen LogP contribution in [0.1, 0.15) is 27.7 Å². The molecule has 2 nitrogen and oxygen atoms in total. The van der Waals surface area contributed by atoms with Crippen LogP contribution in [0.25, 0.3) is 0 Å². The van der Waals surface area contributed by atoms with Crippen molar-refractivity contribution in [3.05, 3.63) is 0 Å². The lowest BCUT2D eigenvalue weighted by molar-refractivity contribution is 0.110. The molecule has 60 valence electrons. The summed E-state index contributed by atoms with van der Waals surface area (Å²) in [6.45, 7) is 10.0. The van der Waals surface area contributed by atoms with E-state index in [0.717, 1.165) is 6.54 Å². The van der Waals surface area contributed by atoms with Crippen molar-refractivity contribution in [2.45, 2.75) is 38.9 Å². The van der Waals surface area contributed by atoms with Gasteiger partial charge in [-0.2, -0.15) is 0 Å². The number of likely N-dealkylation sites (N-methyl/N-ethyl adjacent to an activating group) is 1. The van der Waals surface area contributed by atoms with Gasteiger partial charge in [-0.15, -0.1) is 0 Å². The maximum Gasteiger partial charge on any atom is 0.0657 e. The minimum atomic E-state index is 0.170. The normalized spacial score (nSPS) is 30.9. The van der Waals surface area contributed by atoms with Gasteiger partial charge in [0.05, 0.1) is 5.66 Å². The van der Waals surface area contributed by atoms with Crippen molar-refractivity contribution in [1.82, 2.24) is 10.2 Å². The Balaban J connectivity index is 2.77. The highest BCUT2D eigenvalue weighted by Crippen LogP contribution is 2.26. The zero-order chi connectivity index (χ0) is 7.99. The summed E-state index contributed by atoms with van der Waals surface area (Å²) >= 11 is 0. The monoisotopic (exact) mass is 142 g/mol. The van der Waals surface area contributed by atoms with E-state index in [9.17, 15) is 0 Å². The van der Waals surface area contributed by atoms with E-state index in [1.807, 2.05) is 0 Å². The van der Waals surface area contributed by atoms with Crippen LogP contribution in [0.3, 0.4) is 0 Å². The summed E-state index contributed by atoms with van der Waals surface area (Å²) in [6.07, 6.45) is 0. The molecule has 0 saturated carbocycles. The molecule has 1 N–H and O–H groups in total. The largest absolute Gasteiger partial charge is 0.298 e. The van der Waals surface area contributed by atoms with Crippen LogP contribution in [0.4, 0.5) is 0 Å². The first-order valence-electron chi connectivity index (χ1n) is 3.85. The van der Waals surface area contributed by atoms with Crippen LogP contribution in [0, 0.1) is 0 Å². The second kappa shape index (κ2) is 1.95. The summed E-state index contributed by atoms with van der Waals surface area (Å²) in [5.41, 5.74) is 0.479. The molecule has 1 saturated heterocycles. The highest BCUT2D eigenvalue weighted by Gasteiger charge is 2.41. The fourth-order valence-electron chi connectivity index (χ4n) is 1.43. The van der Waals surface area contributed by atoms with Gasteiger partial charge in [-0.25, -0.2) is 0 Å². The molecule has 0 amide bonds. The smallest absolute Gasteiger partial charge is 0.0657 e. The van der Waals surface area contributed by atoms with Crippen LogP contribution >= 0.6 is 0 Å². The number of hydrogen-bond donors (Lipinski definition) is 1. The summed E-state index contributed by atoms with van der Waals surface area (Å²) in [7, 11) is 2.17. The number of nitrogens with one attached hydrogen (secondary N) is 1. The van der Waals surface area contributed by atoms with Crippen LogP contribution in [0.15, 0.2) is 0 Å². The van der Waals surface area contributed by atoms with Gasteiger partial charge in [0.2, 0.25) is 0 Å². The molecule has 10 heavy (non-hydrogen) atoms. The second-order valence-corrected chi connectivity index (χ2v) is 4.28. The molecule has 0 unspecified atom stereocenters. The number of hydrogen-bond acceptors (Lipinski definition) is 2. The summed E-state index contributed by atoms with van der Waals surface area (Å²) < 4.78 is 0. The highest BCUT2D eigenvalue weighted by atomic mass is 15.4. The van der Waals surface area contributed by atoms with E-state index in [4.69, 9.17) is 0 Å². The Morgan fingerprint density at radius 2 is 1.70 bits per heavy atom. The second-order valence-electron chi connectivity index (χ2n) is 4.28. The van der Waals surface area contributed by atoms with Gasteiger partial charge in [0.1, 0.15) is 0 Å². The van der Waals surface area contributed by atoms with Crippen LogP contribution in [0.5, 0.6) is 0 Å². The van der Waals surface area contributed by atoms with E-state index in [2.05, 4.69) is 45.0 Å². The molecule has 1 rings (SSSR count). The minimum Gasteiger partial charge on any atom is -0.298 e. The Morgan fingerprint density at radius 1 is 1.20 bits per heavy atom. The molecule has 1 fully saturated rings. The Kier molecular flexibility index (Phi) is 1.57. The van der Waals surface area contributed by atoms with Gasteiger partial charge in [-0.1, -0.05) is 0 Å². The predicted octanol–water partition coefficient (Wildman–Crippen LogP) is 1.04. The molecular formula is C8H18N2. The fourth-order valence-corrected chi connectivity index (χ4v) is 1.43. The zero-order valence-electron chi connectivity index (χ0n) is 7.65. The first-order valence-corrected chi connectivity index (χ1v) is 3.85. The molecule has 0 aromatic carbocycles. The molecule has 0 aromatic heterocycles. The van der Waals surface area contributed by atoms with Crippen molar-refractivity contribution in [1.29, 1.82) is 0 Å². The van der Waals surface area contributed by atoms with Gasteiger partial charge in [0.25, 0.3) is 0 Å². The Labute approximate surface area is 63.6 Å². The van der Waals surface area contributed by atoms with Gasteiger partial charge in [0.15, 0.2) is 0 Å². The Morgan fingerprint density at radius 3 is 1.80 bits per heavy atom. The third-order valence-corrected chi connectivity index (χ3v) is 2.70. The zero-order valence-corrected chi connectivity index (χ0v) is 7.65. The van der Waals surface area contributed by atoms with Gasteiger partial charge in [0, 0.05) is 12.1 Å². The van der Waals surface area contributed by atoms with E-state index in [1.54, 1.807) is 0 Å². The molecule has 1 heterocycles. The van der Waals surface area contributed by atoms with Gasteiger partial charge < -0.3 is 0 Å². The third kappa shape index (κ3) is 1.06. The van der Waals surface area contributed by atoms with Crippen molar-refractivity contribution in [3.63, 3.8) is 0 Å². The van der Waals surface area contributed by atoms with Gasteiger partial charge >= 0.3 is 0 Å². The summed E-state index contributed by atoms with van der Waals surface area (Å²) in [5.74, 6) is 0. The molecular weight excluding hydrogens is 124 g/mol. The topological polar surface area (TPSA) is 15.3 Å². The first-order chi connectivity index (χ1) is 4.36. The standard InChI is InChI=1S/C8H18N2/c1-7(2)6-9-8(3,4)10(7)5/h9H,6H2,1-5H3. The molecule has 1 aliphatic rings. The van der Waals surface area contributed by atoms with Crippen molar-refractivity contribution >= 4 is 0 Å². The van der Waals surface area contributed by atoms with Crippen LogP contribution in [0.2, 0.25) is 0 Å². The molecule has 0 aromatic rings. The maximum atomic E-state index is 3.46. The minimum absolute atomic E-state index is 0.170. The summed E-state index contributed by atoms with van der Waals surface area (Å²) in [6, 6.07) is 0. The molecule has 2 heteroatoms. The fraction of sp³-hybridized carbons (Fsp3) is 1.00. The summed E-state index contributed by atoms with van der Waals surface area (Å²) in [4.78, 5) is 2.38. The van der Waals surface area contributed by atoms with Gasteiger partial charge in [-0.3, -0.25) is 10.2 Å². The van der Waals surface area contributed by atoms with Crippen LogP contribution in [-0.2, 0) is 0 Å². The molecule has 0 spiro atoms. The lowest BCUT2D eigenvalue weighted by atomic mass is 10.1. The van der Waals surface area contributed by atoms with Crippen molar-refractivity contribution in [3.8, 4) is 0 Å². The highest BCUT2D eigenvalue weighted by molar-refractivity contribution is 4.97. The third-order valence-electron chi connectivity index (χ3n) is 2.70. The van der Waals surface area contributed by atoms with E-state index in [0.29, 0.717) is 5.54 Å². The predicted molar refractivity (Wildman–Crippen MR) is 43.9 cm³/mol. The Hall–Kier alpha value is -0.0800. The maximum absolute atomic E-state index is 3.46. The van der Waals surface area contributed by atoms with Gasteiger partial charge in [-0.05, 0) is 34.7 Å². The number of nitrogens with zero attached hydrogens (tertiary/aromatic N) is 1. The molecule has 1 aliphatic heterocycles. The first kappa shape index (κ1) is 8.02.